The second-order valence-electron chi connectivity index (χ2n) is 4.89. The van der Waals surface area contributed by atoms with Gasteiger partial charge in [0.2, 0.25) is 5.96 Å². The van der Waals surface area contributed by atoms with E-state index in [2.05, 4.69) is 15.5 Å². The number of hydrogen-bond donors (Lipinski definition) is 2. The maximum atomic E-state index is 8.08. The van der Waals surface area contributed by atoms with Crippen molar-refractivity contribution in [2.45, 2.75) is 13.8 Å². The minimum absolute atomic E-state index is 0.341. The van der Waals surface area contributed by atoms with Gasteiger partial charge in [0.25, 0.3) is 0 Å². The van der Waals surface area contributed by atoms with Crippen LogP contribution in [0.15, 0.2) is 45.9 Å². The van der Waals surface area contributed by atoms with Crippen LogP contribution in [0.2, 0.25) is 5.02 Å². The van der Waals surface area contributed by atoms with Crippen molar-refractivity contribution in [3.8, 4) is 0 Å². The average molecular weight is 348 g/mol. The van der Waals surface area contributed by atoms with Crippen LogP contribution in [0.4, 0.5) is 11.5 Å². The zero-order chi connectivity index (χ0) is 16.4. The smallest absolute Gasteiger partial charge is 0.225 e. The van der Waals surface area contributed by atoms with Crippen molar-refractivity contribution in [2.75, 3.05) is 5.32 Å². The molecule has 1 aromatic carbocycles. The summed E-state index contributed by atoms with van der Waals surface area (Å²) in [7, 11) is 0. The lowest BCUT2D eigenvalue weighted by Crippen LogP contribution is -2.28. The molecule has 0 saturated heterocycles. The third-order valence-corrected chi connectivity index (χ3v) is 4.13. The van der Waals surface area contributed by atoms with Crippen LogP contribution in [0.5, 0.6) is 0 Å². The van der Waals surface area contributed by atoms with E-state index < -0.39 is 0 Å². The second-order valence-corrected chi connectivity index (χ2v) is 6.52. The number of nitrogens with one attached hydrogen (secondary N) is 2. The molecule has 0 atom stereocenters. The molecule has 0 saturated carbocycles. The van der Waals surface area contributed by atoms with Crippen molar-refractivity contribution in [3.63, 3.8) is 0 Å². The standard InChI is InChI=1S/C15H14ClN5OS/c1-9-7-14(20-22-9)19-15(21-13(17)8-10(2)23-21)18-12-5-3-11(16)4-6-12/h3-8,17H,1-2H3,(H,18,19,20). The second kappa shape index (κ2) is 6.39. The molecule has 0 bridgehead atoms. The summed E-state index contributed by atoms with van der Waals surface area (Å²) in [5.41, 5.74) is 1.15. The van der Waals surface area contributed by atoms with Gasteiger partial charge in [-0.25, -0.2) is 3.96 Å². The number of aryl methyl sites for hydroxylation is 2. The summed E-state index contributed by atoms with van der Waals surface area (Å²) >= 11 is 7.34. The van der Waals surface area contributed by atoms with Gasteiger partial charge in [-0.1, -0.05) is 28.3 Å². The fourth-order valence-electron chi connectivity index (χ4n) is 1.93. The van der Waals surface area contributed by atoms with Crippen LogP contribution in [0.1, 0.15) is 10.6 Å². The van der Waals surface area contributed by atoms with E-state index >= 15 is 0 Å². The van der Waals surface area contributed by atoms with Gasteiger partial charge in [-0.3, -0.25) is 5.41 Å². The molecular weight excluding hydrogens is 334 g/mol. The third-order valence-electron chi connectivity index (χ3n) is 2.92. The average Bonchev–Trinajstić information content (AvgIpc) is 3.06. The van der Waals surface area contributed by atoms with Gasteiger partial charge in [0.05, 0.1) is 0 Å². The van der Waals surface area contributed by atoms with E-state index in [1.807, 2.05) is 19.1 Å². The highest BCUT2D eigenvalue weighted by Gasteiger charge is 2.09. The van der Waals surface area contributed by atoms with Gasteiger partial charge >= 0.3 is 0 Å². The Morgan fingerprint density at radius 1 is 1.30 bits per heavy atom. The molecule has 3 aromatic rings. The highest BCUT2D eigenvalue weighted by Crippen LogP contribution is 2.17. The van der Waals surface area contributed by atoms with Crippen LogP contribution in [-0.2, 0) is 0 Å². The molecule has 2 aromatic heterocycles. The van der Waals surface area contributed by atoms with Crippen molar-refractivity contribution in [2.24, 2.45) is 4.99 Å². The van der Waals surface area contributed by atoms with Gasteiger partial charge < -0.3 is 9.84 Å². The first-order valence-electron chi connectivity index (χ1n) is 6.81. The minimum Gasteiger partial charge on any atom is -0.359 e. The SMILES string of the molecule is Cc1cc(N=C(Nc2ccc(Cl)cc2)n2sc(C)cc2=N)no1. The van der Waals surface area contributed by atoms with Crippen LogP contribution in [-0.4, -0.2) is 15.1 Å². The van der Waals surface area contributed by atoms with Gasteiger partial charge in [-0.05, 0) is 44.2 Å². The monoisotopic (exact) mass is 347 g/mol. The maximum Gasteiger partial charge on any atom is 0.225 e. The first-order chi connectivity index (χ1) is 11.0. The molecule has 0 unspecified atom stereocenters. The quantitative estimate of drug-likeness (QED) is 0.544. The summed E-state index contributed by atoms with van der Waals surface area (Å²) in [4.78, 5) is 5.47. The van der Waals surface area contributed by atoms with E-state index in [1.54, 1.807) is 35.1 Å². The largest absolute Gasteiger partial charge is 0.359 e. The highest BCUT2D eigenvalue weighted by atomic mass is 35.5. The summed E-state index contributed by atoms with van der Waals surface area (Å²) in [5, 5.41) is 15.8. The number of aromatic nitrogens is 2. The molecule has 0 fully saturated rings. The Balaban J connectivity index is 2.02. The molecule has 0 amide bonds. The van der Waals surface area contributed by atoms with Crippen LogP contribution < -0.4 is 10.8 Å². The molecule has 0 aliphatic carbocycles. The lowest BCUT2D eigenvalue weighted by molar-refractivity contribution is 0.399. The van der Waals surface area contributed by atoms with E-state index in [9.17, 15) is 0 Å². The number of nitrogens with zero attached hydrogens (tertiary/aromatic N) is 3. The Hall–Kier alpha value is -2.38. The Bertz CT molecular complexity index is 907. The van der Waals surface area contributed by atoms with E-state index in [4.69, 9.17) is 21.5 Å². The summed E-state index contributed by atoms with van der Waals surface area (Å²) in [6.45, 7) is 3.75. The minimum atomic E-state index is 0.341. The summed E-state index contributed by atoms with van der Waals surface area (Å²) < 4.78 is 6.74. The van der Waals surface area contributed by atoms with Crippen LogP contribution in [0, 0.1) is 19.3 Å². The number of hydrogen-bond acceptors (Lipinski definition) is 5. The molecule has 0 aliphatic heterocycles. The van der Waals surface area contributed by atoms with Gasteiger partial charge in [-0.2, -0.15) is 4.99 Å². The molecule has 2 N–H and O–H groups in total. The molecule has 2 heterocycles. The molecular formula is C15H14ClN5OS. The number of halogens is 1. The molecule has 8 heteroatoms. The zero-order valence-electron chi connectivity index (χ0n) is 12.5. The predicted octanol–water partition coefficient (Wildman–Crippen LogP) is 3.94. The third kappa shape index (κ3) is 3.69. The summed E-state index contributed by atoms with van der Waals surface area (Å²) in [5.74, 6) is 1.59. The van der Waals surface area contributed by atoms with E-state index in [0.29, 0.717) is 28.0 Å². The fourth-order valence-corrected chi connectivity index (χ4v) is 2.83. The van der Waals surface area contributed by atoms with E-state index in [1.165, 1.54) is 11.5 Å². The first kappa shape index (κ1) is 15.5. The fraction of sp³-hybridized carbons (Fsp3) is 0.133. The number of benzene rings is 1. The molecule has 0 spiro atoms. The number of aliphatic imine (C=N–C) groups is 1. The van der Waals surface area contributed by atoms with Crippen molar-refractivity contribution in [3.05, 3.63) is 57.5 Å². The predicted molar refractivity (Wildman–Crippen MR) is 91.7 cm³/mol. The number of rotatable bonds is 2. The van der Waals surface area contributed by atoms with Gasteiger partial charge in [0.1, 0.15) is 11.2 Å². The molecule has 3 rings (SSSR count). The molecule has 0 aliphatic rings. The lowest BCUT2D eigenvalue weighted by atomic mass is 10.3. The maximum absolute atomic E-state index is 8.08. The van der Waals surface area contributed by atoms with Crippen LogP contribution >= 0.6 is 23.1 Å². The van der Waals surface area contributed by atoms with Gasteiger partial charge in [0, 0.05) is 21.7 Å². The first-order valence-corrected chi connectivity index (χ1v) is 7.96. The number of anilines is 1. The Kier molecular flexibility index (Phi) is 4.31. The lowest BCUT2D eigenvalue weighted by Gasteiger charge is -2.09. The zero-order valence-corrected chi connectivity index (χ0v) is 14.1. The molecule has 0 radical (unpaired) electrons. The highest BCUT2D eigenvalue weighted by molar-refractivity contribution is 7.07. The molecule has 118 valence electrons. The summed E-state index contributed by atoms with van der Waals surface area (Å²) in [6, 6.07) is 10.8. The van der Waals surface area contributed by atoms with Crippen LogP contribution in [0.25, 0.3) is 0 Å². The van der Waals surface area contributed by atoms with Gasteiger partial charge in [-0.15, -0.1) is 0 Å². The molecule has 23 heavy (non-hydrogen) atoms. The van der Waals surface area contributed by atoms with Crippen LogP contribution in [0.3, 0.4) is 0 Å². The van der Waals surface area contributed by atoms with Crippen molar-refractivity contribution >= 4 is 40.6 Å². The Morgan fingerprint density at radius 2 is 2.04 bits per heavy atom. The van der Waals surface area contributed by atoms with E-state index in [-0.39, 0.29) is 0 Å². The van der Waals surface area contributed by atoms with Crippen molar-refractivity contribution in [1.82, 2.24) is 9.11 Å². The summed E-state index contributed by atoms with van der Waals surface area (Å²) in [6.07, 6.45) is 0. The Morgan fingerprint density at radius 3 is 2.61 bits per heavy atom. The van der Waals surface area contributed by atoms with Crippen molar-refractivity contribution < 1.29 is 4.52 Å². The van der Waals surface area contributed by atoms with E-state index in [0.717, 1.165) is 10.6 Å². The molecule has 6 nitrogen and oxygen atoms in total. The van der Waals surface area contributed by atoms with Crippen molar-refractivity contribution in [1.29, 1.82) is 5.41 Å². The topological polar surface area (TPSA) is 79.2 Å². The Labute approximate surface area is 141 Å². The normalized spacial score (nSPS) is 11.7. The van der Waals surface area contributed by atoms with Gasteiger partial charge in [0.15, 0.2) is 5.82 Å².